The monoisotopic (exact) mass is 432 g/mol. The van der Waals surface area contributed by atoms with Gasteiger partial charge in [-0.3, -0.25) is 4.98 Å². The molecule has 0 spiro atoms. The minimum Gasteiger partial charge on any atom is -0.462 e. The molecule has 0 bridgehead atoms. The lowest BCUT2D eigenvalue weighted by atomic mass is 10.0. The number of halogens is 3. The maximum atomic E-state index is 13.5. The Morgan fingerprint density at radius 1 is 1.00 bits per heavy atom. The number of nitrogens with one attached hydrogen (secondary N) is 1. The quantitative estimate of drug-likeness (QED) is 0.529. The van der Waals surface area contributed by atoms with Crippen LogP contribution in [-0.2, 0) is 15.7 Å². The van der Waals surface area contributed by atoms with Gasteiger partial charge in [0.25, 0.3) is 0 Å². The van der Waals surface area contributed by atoms with Crippen molar-refractivity contribution in [1.29, 1.82) is 0 Å². The lowest BCUT2D eigenvalue weighted by molar-refractivity contribution is -0.136. The number of para-hydroxylation sites is 1. The topological polar surface area (TPSA) is 77.5 Å². The molecule has 3 aromatic rings. The summed E-state index contributed by atoms with van der Waals surface area (Å²) in [5.74, 6) is -1.28. The van der Waals surface area contributed by atoms with Crippen molar-refractivity contribution in [3.8, 4) is 0 Å². The van der Waals surface area contributed by atoms with Crippen LogP contribution < -0.4 is 5.32 Å². The molecule has 6 nitrogen and oxygen atoms in total. The summed E-state index contributed by atoms with van der Waals surface area (Å²) in [5, 5.41) is 3.04. The molecule has 1 N–H and O–H groups in total. The highest BCUT2D eigenvalue weighted by molar-refractivity contribution is 6.07. The molecule has 162 valence electrons. The number of pyridine rings is 1. The number of esters is 2. The summed E-state index contributed by atoms with van der Waals surface area (Å²) in [5.41, 5.74) is -0.554. The maximum absolute atomic E-state index is 13.5. The van der Waals surface area contributed by atoms with E-state index in [-0.39, 0.29) is 40.9 Å². The van der Waals surface area contributed by atoms with Gasteiger partial charge in [-0.05, 0) is 38.1 Å². The number of carbonyl (C=O) groups excluding carboxylic acids is 2. The third-order valence-corrected chi connectivity index (χ3v) is 4.34. The van der Waals surface area contributed by atoms with E-state index in [1.165, 1.54) is 18.2 Å². The van der Waals surface area contributed by atoms with Crippen LogP contribution in [0.5, 0.6) is 0 Å². The van der Waals surface area contributed by atoms with E-state index in [1.807, 2.05) is 0 Å². The Balaban J connectivity index is 2.17. The van der Waals surface area contributed by atoms with E-state index in [0.717, 1.165) is 12.3 Å². The summed E-state index contributed by atoms with van der Waals surface area (Å²) in [6, 6.07) is 9.81. The van der Waals surface area contributed by atoms with Gasteiger partial charge in [-0.1, -0.05) is 18.2 Å². The first-order valence-corrected chi connectivity index (χ1v) is 9.46. The maximum Gasteiger partial charge on any atom is 0.418 e. The number of carbonyl (C=O) groups is 2. The summed E-state index contributed by atoms with van der Waals surface area (Å²) in [4.78, 5) is 28.3. The van der Waals surface area contributed by atoms with Crippen molar-refractivity contribution in [2.75, 3.05) is 18.5 Å². The van der Waals surface area contributed by atoms with Crippen LogP contribution >= 0.6 is 0 Å². The van der Waals surface area contributed by atoms with Crippen molar-refractivity contribution in [3.05, 3.63) is 65.4 Å². The fourth-order valence-electron chi connectivity index (χ4n) is 3.03. The number of ether oxygens (including phenoxy) is 2. The van der Waals surface area contributed by atoms with Crippen molar-refractivity contribution in [2.24, 2.45) is 0 Å². The van der Waals surface area contributed by atoms with E-state index in [9.17, 15) is 22.8 Å². The van der Waals surface area contributed by atoms with Crippen LogP contribution in [0.1, 0.15) is 40.1 Å². The molecule has 0 atom stereocenters. The van der Waals surface area contributed by atoms with Gasteiger partial charge < -0.3 is 14.8 Å². The highest BCUT2D eigenvalue weighted by Crippen LogP contribution is 2.38. The van der Waals surface area contributed by atoms with Crippen molar-refractivity contribution in [2.45, 2.75) is 20.0 Å². The molecule has 2 aromatic carbocycles. The van der Waals surface area contributed by atoms with Crippen LogP contribution in [0, 0.1) is 0 Å². The molecule has 0 radical (unpaired) electrons. The molecular formula is C22H19F3N2O4. The average molecular weight is 432 g/mol. The van der Waals surface area contributed by atoms with Gasteiger partial charge in [0.15, 0.2) is 0 Å². The lowest BCUT2D eigenvalue weighted by Gasteiger charge is -2.17. The van der Waals surface area contributed by atoms with Crippen LogP contribution in [0.3, 0.4) is 0 Å². The molecular weight excluding hydrogens is 413 g/mol. The second-order valence-electron chi connectivity index (χ2n) is 6.39. The molecule has 0 aliphatic carbocycles. The van der Waals surface area contributed by atoms with Gasteiger partial charge in [0, 0.05) is 17.3 Å². The highest BCUT2D eigenvalue weighted by atomic mass is 19.4. The number of rotatable bonds is 6. The first-order valence-electron chi connectivity index (χ1n) is 9.46. The van der Waals surface area contributed by atoms with E-state index >= 15 is 0 Å². The van der Waals surface area contributed by atoms with E-state index in [1.54, 1.807) is 32.0 Å². The predicted molar refractivity (Wildman–Crippen MR) is 108 cm³/mol. The normalized spacial score (nSPS) is 11.3. The van der Waals surface area contributed by atoms with Gasteiger partial charge in [-0.2, -0.15) is 13.2 Å². The minimum atomic E-state index is -4.63. The SMILES string of the molecule is CCOC(=O)c1cccc(Nc2c(C(=O)OCC)cnc3c(C(F)(F)F)cccc23)c1. The molecule has 1 aromatic heterocycles. The second kappa shape index (κ2) is 9.03. The first kappa shape index (κ1) is 22.1. The van der Waals surface area contributed by atoms with E-state index in [0.29, 0.717) is 5.69 Å². The van der Waals surface area contributed by atoms with E-state index < -0.39 is 23.7 Å². The Hall–Kier alpha value is -3.62. The molecule has 1 heterocycles. The Labute approximate surface area is 176 Å². The number of aromatic nitrogens is 1. The standard InChI is InChI=1S/C22H19F3N2O4/c1-3-30-20(28)13-7-5-8-14(11-13)27-18-15-9-6-10-17(22(23,24)25)19(15)26-12-16(18)21(29)31-4-2/h5-12H,3-4H2,1-2H3,(H,26,27). The predicted octanol–water partition coefficient (Wildman–Crippen LogP) is 5.35. The van der Waals surface area contributed by atoms with Crippen LogP contribution in [0.25, 0.3) is 10.9 Å². The van der Waals surface area contributed by atoms with Gasteiger partial charge in [0.05, 0.1) is 35.5 Å². The number of hydrogen-bond donors (Lipinski definition) is 1. The summed E-state index contributed by atoms with van der Waals surface area (Å²) >= 11 is 0. The Morgan fingerprint density at radius 3 is 2.35 bits per heavy atom. The van der Waals surface area contributed by atoms with Crippen molar-refractivity contribution < 1.29 is 32.2 Å². The highest BCUT2D eigenvalue weighted by Gasteiger charge is 2.34. The van der Waals surface area contributed by atoms with Crippen LogP contribution in [0.2, 0.25) is 0 Å². The molecule has 0 fully saturated rings. The van der Waals surface area contributed by atoms with E-state index in [2.05, 4.69) is 10.3 Å². The van der Waals surface area contributed by atoms with Crippen molar-refractivity contribution >= 4 is 34.2 Å². The van der Waals surface area contributed by atoms with Gasteiger partial charge in [-0.15, -0.1) is 0 Å². The Morgan fingerprint density at radius 2 is 1.68 bits per heavy atom. The van der Waals surface area contributed by atoms with Crippen molar-refractivity contribution in [3.63, 3.8) is 0 Å². The summed E-state index contributed by atoms with van der Waals surface area (Å²) in [6.45, 7) is 3.56. The number of anilines is 2. The molecule has 0 amide bonds. The number of hydrogen-bond acceptors (Lipinski definition) is 6. The first-order chi connectivity index (χ1) is 14.8. The molecule has 0 saturated heterocycles. The Kier molecular flexibility index (Phi) is 6.43. The molecule has 0 saturated carbocycles. The zero-order valence-corrected chi connectivity index (χ0v) is 16.7. The molecule has 3 rings (SSSR count). The van der Waals surface area contributed by atoms with Gasteiger partial charge in [0.2, 0.25) is 0 Å². The summed E-state index contributed by atoms with van der Waals surface area (Å²) < 4.78 is 50.4. The van der Waals surface area contributed by atoms with Gasteiger partial charge in [0.1, 0.15) is 5.56 Å². The van der Waals surface area contributed by atoms with E-state index in [4.69, 9.17) is 9.47 Å². The van der Waals surface area contributed by atoms with Crippen LogP contribution in [-0.4, -0.2) is 30.1 Å². The van der Waals surface area contributed by atoms with Gasteiger partial charge >= 0.3 is 18.1 Å². The molecule has 0 aliphatic heterocycles. The second-order valence-corrected chi connectivity index (χ2v) is 6.39. The van der Waals surface area contributed by atoms with Crippen LogP contribution in [0.4, 0.5) is 24.5 Å². The summed E-state index contributed by atoms with van der Waals surface area (Å²) in [6.07, 6.45) is -3.58. The number of alkyl halides is 3. The molecule has 9 heteroatoms. The average Bonchev–Trinajstić information content (AvgIpc) is 2.73. The van der Waals surface area contributed by atoms with Crippen molar-refractivity contribution in [1.82, 2.24) is 4.98 Å². The molecule has 0 aliphatic rings. The zero-order valence-electron chi connectivity index (χ0n) is 16.7. The van der Waals surface area contributed by atoms with Crippen LogP contribution in [0.15, 0.2) is 48.7 Å². The Bertz CT molecular complexity index is 1130. The lowest BCUT2D eigenvalue weighted by Crippen LogP contribution is -2.12. The third kappa shape index (κ3) is 4.76. The van der Waals surface area contributed by atoms with Gasteiger partial charge in [-0.25, -0.2) is 9.59 Å². The number of fused-ring (bicyclic) bond motifs is 1. The fraction of sp³-hybridized carbons (Fsp3) is 0.227. The zero-order chi connectivity index (χ0) is 22.6. The third-order valence-electron chi connectivity index (χ3n) is 4.34. The summed E-state index contributed by atoms with van der Waals surface area (Å²) in [7, 11) is 0. The largest absolute Gasteiger partial charge is 0.462 e. The molecule has 0 unspecified atom stereocenters. The minimum absolute atomic E-state index is 0.0322. The number of nitrogens with zero attached hydrogens (tertiary/aromatic N) is 1. The smallest absolute Gasteiger partial charge is 0.418 e. The fourth-order valence-corrected chi connectivity index (χ4v) is 3.03. The molecule has 31 heavy (non-hydrogen) atoms. The number of benzene rings is 2.